The Morgan fingerprint density at radius 1 is 1.28 bits per heavy atom. The Kier molecular flexibility index (Phi) is 4.16. The van der Waals surface area contributed by atoms with Crippen molar-refractivity contribution in [2.24, 2.45) is 0 Å². The van der Waals surface area contributed by atoms with Gasteiger partial charge in [-0.05, 0) is 20.0 Å². The number of phenolic OH excluding ortho intramolecular Hbond substituents is 1. The summed E-state index contributed by atoms with van der Waals surface area (Å²) in [4.78, 5) is 2.27. The minimum absolute atomic E-state index is 0.0388. The first-order chi connectivity index (χ1) is 8.56. The van der Waals surface area contributed by atoms with E-state index in [4.69, 9.17) is 0 Å². The van der Waals surface area contributed by atoms with Gasteiger partial charge >= 0.3 is 0 Å². The number of hydrogen-bond acceptors (Lipinski definition) is 4. The van der Waals surface area contributed by atoms with Gasteiger partial charge < -0.3 is 10.0 Å². The van der Waals surface area contributed by atoms with Gasteiger partial charge in [-0.3, -0.25) is 0 Å². The number of benzene rings is 1. The minimum Gasteiger partial charge on any atom is -0.508 e. The second kappa shape index (κ2) is 5.65. The van der Waals surface area contributed by atoms with E-state index in [0.717, 1.165) is 32.2 Å². The molecule has 1 saturated heterocycles. The van der Waals surface area contributed by atoms with Crippen LogP contribution < -0.4 is 5.43 Å². The van der Waals surface area contributed by atoms with Gasteiger partial charge in [0.15, 0.2) is 0 Å². The van der Waals surface area contributed by atoms with E-state index in [1.807, 2.05) is 6.92 Å². The molecule has 18 heavy (non-hydrogen) atoms. The number of piperazine rings is 1. The molecule has 1 aliphatic heterocycles. The zero-order chi connectivity index (χ0) is 13.1. The number of hydrazine groups is 1. The van der Waals surface area contributed by atoms with E-state index in [0.29, 0.717) is 5.56 Å². The molecule has 1 atom stereocenters. The van der Waals surface area contributed by atoms with Crippen molar-refractivity contribution in [3.05, 3.63) is 29.6 Å². The number of halogens is 1. The number of nitrogens with zero attached hydrogens (tertiary/aromatic N) is 2. The molecule has 1 aromatic carbocycles. The van der Waals surface area contributed by atoms with Gasteiger partial charge in [-0.1, -0.05) is 6.07 Å². The fraction of sp³-hybridized carbons (Fsp3) is 0.538. The molecule has 5 heteroatoms. The van der Waals surface area contributed by atoms with Crippen LogP contribution in [-0.2, 0) is 0 Å². The van der Waals surface area contributed by atoms with Crippen LogP contribution >= 0.6 is 0 Å². The summed E-state index contributed by atoms with van der Waals surface area (Å²) in [6, 6.07) is 4.19. The lowest BCUT2D eigenvalue weighted by Crippen LogP contribution is -2.51. The van der Waals surface area contributed by atoms with Crippen molar-refractivity contribution in [3.63, 3.8) is 0 Å². The quantitative estimate of drug-likeness (QED) is 0.853. The van der Waals surface area contributed by atoms with Gasteiger partial charge in [0.1, 0.15) is 11.6 Å². The first-order valence-electron chi connectivity index (χ1n) is 6.24. The van der Waals surface area contributed by atoms with Gasteiger partial charge in [-0.2, -0.15) is 0 Å². The van der Waals surface area contributed by atoms with Gasteiger partial charge in [-0.15, -0.1) is 0 Å². The molecular formula is C13H20FN3O. The Labute approximate surface area is 107 Å². The molecule has 2 N–H and O–H groups in total. The third kappa shape index (κ3) is 3.19. The SMILES string of the molecule is CC(NN1CCN(C)CC1)c1ccc(O)cc1F. The Morgan fingerprint density at radius 2 is 1.94 bits per heavy atom. The molecule has 0 amide bonds. The topological polar surface area (TPSA) is 38.7 Å². The van der Waals surface area contributed by atoms with Crippen LogP contribution in [0.25, 0.3) is 0 Å². The minimum atomic E-state index is -0.371. The zero-order valence-corrected chi connectivity index (χ0v) is 10.9. The first-order valence-corrected chi connectivity index (χ1v) is 6.24. The molecular weight excluding hydrogens is 233 g/mol. The van der Waals surface area contributed by atoms with Gasteiger partial charge in [-0.25, -0.2) is 14.8 Å². The van der Waals surface area contributed by atoms with E-state index in [1.165, 1.54) is 6.07 Å². The molecule has 1 unspecified atom stereocenters. The fourth-order valence-corrected chi connectivity index (χ4v) is 2.15. The monoisotopic (exact) mass is 253 g/mol. The molecule has 1 aromatic rings. The van der Waals surface area contributed by atoms with Gasteiger partial charge in [0.05, 0.1) is 0 Å². The van der Waals surface area contributed by atoms with E-state index < -0.39 is 0 Å². The van der Waals surface area contributed by atoms with Crippen LogP contribution in [-0.4, -0.2) is 48.2 Å². The predicted molar refractivity (Wildman–Crippen MR) is 68.7 cm³/mol. The Hall–Kier alpha value is -1.17. The first kappa shape index (κ1) is 13.3. The molecule has 0 aliphatic carbocycles. The summed E-state index contributed by atoms with van der Waals surface area (Å²) in [5.74, 6) is -0.410. The van der Waals surface area contributed by atoms with Crippen LogP contribution in [0.1, 0.15) is 18.5 Å². The highest BCUT2D eigenvalue weighted by atomic mass is 19.1. The van der Waals surface area contributed by atoms with Crippen molar-refractivity contribution >= 4 is 0 Å². The normalized spacial score (nSPS) is 19.9. The molecule has 1 fully saturated rings. The van der Waals surface area contributed by atoms with Crippen molar-refractivity contribution < 1.29 is 9.50 Å². The molecule has 0 spiro atoms. The molecule has 1 heterocycles. The summed E-state index contributed by atoms with van der Waals surface area (Å²) in [7, 11) is 2.10. The molecule has 4 nitrogen and oxygen atoms in total. The van der Waals surface area contributed by atoms with Crippen LogP contribution in [0.3, 0.4) is 0 Å². The molecule has 0 bridgehead atoms. The summed E-state index contributed by atoms with van der Waals surface area (Å²) in [5, 5.41) is 11.3. The van der Waals surface area contributed by atoms with Gasteiger partial charge in [0, 0.05) is 43.9 Å². The molecule has 0 aromatic heterocycles. The van der Waals surface area contributed by atoms with Crippen LogP contribution in [0.4, 0.5) is 4.39 Å². The number of rotatable bonds is 3. The highest BCUT2D eigenvalue weighted by molar-refractivity contribution is 5.29. The van der Waals surface area contributed by atoms with E-state index in [1.54, 1.807) is 6.07 Å². The highest BCUT2D eigenvalue weighted by Gasteiger charge is 2.18. The number of nitrogens with one attached hydrogen (secondary N) is 1. The summed E-state index contributed by atoms with van der Waals surface area (Å²) in [6.45, 7) is 5.81. The smallest absolute Gasteiger partial charge is 0.131 e. The van der Waals surface area contributed by atoms with Crippen molar-refractivity contribution in [3.8, 4) is 5.75 Å². The van der Waals surface area contributed by atoms with Crippen molar-refractivity contribution in [1.29, 1.82) is 0 Å². The average molecular weight is 253 g/mol. The Morgan fingerprint density at radius 3 is 2.56 bits per heavy atom. The molecule has 100 valence electrons. The largest absolute Gasteiger partial charge is 0.508 e. The summed E-state index contributed by atoms with van der Waals surface area (Å²) < 4.78 is 13.7. The van der Waals surface area contributed by atoms with E-state index in [9.17, 15) is 9.50 Å². The average Bonchev–Trinajstić information content (AvgIpc) is 2.32. The number of phenols is 1. The van der Waals surface area contributed by atoms with Crippen molar-refractivity contribution in [2.75, 3.05) is 33.2 Å². The van der Waals surface area contributed by atoms with Gasteiger partial charge in [0.2, 0.25) is 0 Å². The maximum absolute atomic E-state index is 13.7. The Balaban J connectivity index is 1.97. The van der Waals surface area contributed by atoms with Crippen LogP contribution in [0.15, 0.2) is 18.2 Å². The van der Waals surface area contributed by atoms with Crippen molar-refractivity contribution in [2.45, 2.75) is 13.0 Å². The van der Waals surface area contributed by atoms with Crippen LogP contribution in [0.2, 0.25) is 0 Å². The highest BCUT2D eigenvalue weighted by Crippen LogP contribution is 2.21. The van der Waals surface area contributed by atoms with E-state index in [-0.39, 0.29) is 17.6 Å². The standard InChI is InChI=1S/C13H20FN3O/c1-10(12-4-3-11(18)9-13(12)14)15-17-7-5-16(2)6-8-17/h3-4,9-10,15,18H,5-8H2,1-2H3. The molecule has 2 rings (SSSR count). The third-order valence-electron chi connectivity index (χ3n) is 3.33. The number of aromatic hydroxyl groups is 1. The van der Waals surface area contributed by atoms with Gasteiger partial charge in [0.25, 0.3) is 0 Å². The third-order valence-corrected chi connectivity index (χ3v) is 3.33. The van der Waals surface area contributed by atoms with E-state index >= 15 is 0 Å². The lowest BCUT2D eigenvalue weighted by Gasteiger charge is -2.34. The summed E-state index contributed by atoms with van der Waals surface area (Å²) in [5.41, 5.74) is 3.88. The Bertz CT molecular complexity index is 405. The van der Waals surface area contributed by atoms with Crippen LogP contribution in [0.5, 0.6) is 5.75 Å². The van der Waals surface area contributed by atoms with E-state index in [2.05, 4.69) is 22.4 Å². The summed E-state index contributed by atoms with van der Waals surface area (Å²) >= 11 is 0. The maximum atomic E-state index is 13.7. The lowest BCUT2D eigenvalue weighted by molar-refractivity contribution is 0.0892. The lowest BCUT2D eigenvalue weighted by atomic mass is 10.1. The maximum Gasteiger partial charge on any atom is 0.131 e. The van der Waals surface area contributed by atoms with Crippen LogP contribution in [0, 0.1) is 5.82 Å². The second-order valence-corrected chi connectivity index (χ2v) is 4.85. The fourth-order valence-electron chi connectivity index (χ4n) is 2.15. The number of likely N-dealkylation sites (N-methyl/N-ethyl adjacent to an activating group) is 1. The predicted octanol–water partition coefficient (Wildman–Crippen LogP) is 1.34. The molecule has 0 radical (unpaired) electrons. The summed E-state index contributed by atoms with van der Waals surface area (Å²) in [6.07, 6.45) is 0. The van der Waals surface area contributed by atoms with Crippen molar-refractivity contribution in [1.82, 2.24) is 15.3 Å². The molecule has 0 saturated carbocycles. The molecule has 1 aliphatic rings. The zero-order valence-electron chi connectivity index (χ0n) is 10.9. The second-order valence-electron chi connectivity index (χ2n) is 4.85. The number of hydrogen-bond donors (Lipinski definition) is 2.